The van der Waals surface area contributed by atoms with E-state index < -0.39 is 0 Å². The summed E-state index contributed by atoms with van der Waals surface area (Å²) in [5, 5.41) is 0. The molecule has 2 aliphatic rings. The molecule has 0 radical (unpaired) electrons. The van der Waals surface area contributed by atoms with Crippen molar-refractivity contribution in [1.29, 1.82) is 0 Å². The molecule has 0 spiro atoms. The van der Waals surface area contributed by atoms with Crippen molar-refractivity contribution in [1.82, 2.24) is 9.80 Å². The van der Waals surface area contributed by atoms with Crippen LogP contribution in [0.15, 0.2) is 0 Å². The topological polar surface area (TPSA) is 42.0 Å². The summed E-state index contributed by atoms with van der Waals surface area (Å²) in [6.07, 6.45) is 2.77. The molecule has 5 nitrogen and oxygen atoms in total. The van der Waals surface area contributed by atoms with Crippen molar-refractivity contribution < 1.29 is 14.3 Å². The minimum absolute atomic E-state index is 0.172. The van der Waals surface area contributed by atoms with Gasteiger partial charge in [-0.3, -0.25) is 4.90 Å². The van der Waals surface area contributed by atoms with Crippen LogP contribution in [0, 0.1) is 5.92 Å². The summed E-state index contributed by atoms with van der Waals surface area (Å²) in [5.41, 5.74) is 0. The second-order valence-corrected chi connectivity index (χ2v) is 6.65. The van der Waals surface area contributed by atoms with Gasteiger partial charge in [-0.25, -0.2) is 4.79 Å². The molecule has 0 aromatic rings. The summed E-state index contributed by atoms with van der Waals surface area (Å²) < 4.78 is 11.3. The Labute approximate surface area is 156 Å². The summed E-state index contributed by atoms with van der Waals surface area (Å²) in [6, 6.07) is 0. The molecule has 2 heterocycles. The van der Waals surface area contributed by atoms with Crippen molar-refractivity contribution in [3.05, 3.63) is 0 Å². The van der Waals surface area contributed by atoms with E-state index in [1.807, 2.05) is 27.7 Å². The van der Waals surface area contributed by atoms with Crippen molar-refractivity contribution in [3.63, 3.8) is 0 Å². The first-order valence-corrected chi connectivity index (χ1v) is 10.3. The van der Waals surface area contributed by atoms with E-state index in [1.165, 1.54) is 0 Å². The zero-order valence-electron chi connectivity index (χ0n) is 17.7. The van der Waals surface area contributed by atoms with Gasteiger partial charge in [-0.05, 0) is 32.2 Å². The molecule has 2 aliphatic heterocycles. The number of rotatable bonds is 5. The molecule has 5 heteroatoms. The molecule has 2 fully saturated rings. The molecule has 0 saturated carbocycles. The SMILES string of the molecule is CC.CC.CC(C)C1CCCC(C(=O)OCCN2CCN(C)CC2)O1. The van der Waals surface area contributed by atoms with Gasteiger partial charge in [-0.1, -0.05) is 41.5 Å². The van der Waals surface area contributed by atoms with Crippen molar-refractivity contribution in [2.45, 2.75) is 73.0 Å². The second kappa shape index (κ2) is 14.5. The third kappa shape index (κ3) is 9.57. The molecule has 2 unspecified atom stereocenters. The Morgan fingerprint density at radius 3 is 2.24 bits per heavy atom. The van der Waals surface area contributed by atoms with Crippen LogP contribution in [0.3, 0.4) is 0 Å². The van der Waals surface area contributed by atoms with Gasteiger partial charge in [0, 0.05) is 32.7 Å². The minimum atomic E-state index is -0.348. The van der Waals surface area contributed by atoms with E-state index in [0.29, 0.717) is 12.5 Å². The van der Waals surface area contributed by atoms with Gasteiger partial charge in [0.05, 0.1) is 6.10 Å². The number of nitrogens with zero attached hydrogens (tertiary/aromatic N) is 2. The predicted molar refractivity (Wildman–Crippen MR) is 105 cm³/mol. The molecule has 2 saturated heterocycles. The third-order valence-corrected chi connectivity index (χ3v) is 4.55. The highest BCUT2D eigenvalue weighted by Crippen LogP contribution is 2.24. The molecular formula is C20H42N2O3. The lowest BCUT2D eigenvalue weighted by atomic mass is 9.96. The number of piperazine rings is 1. The maximum absolute atomic E-state index is 12.1. The van der Waals surface area contributed by atoms with E-state index in [1.54, 1.807) is 0 Å². The molecule has 0 bridgehead atoms. The van der Waals surface area contributed by atoms with Crippen LogP contribution in [0.2, 0.25) is 0 Å². The summed E-state index contributed by atoms with van der Waals surface area (Å²) in [7, 11) is 2.14. The molecule has 0 N–H and O–H groups in total. The smallest absolute Gasteiger partial charge is 0.335 e. The van der Waals surface area contributed by atoms with Crippen LogP contribution in [0.4, 0.5) is 0 Å². The number of carbonyl (C=O) groups excluding carboxylic acids is 1. The van der Waals surface area contributed by atoms with E-state index in [-0.39, 0.29) is 18.2 Å². The van der Waals surface area contributed by atoms with Crippen LogP contribution >= 0.6 is 0 Å². The van der Waals surface area contributed by atoms with Gasteiger partial charge in [0.15, 0.2) is 6.10 Å². The highest BCUT2D eigenvalue weighted by atomic mass is 16.6. The Morgan fingerprint density at radius 1 is 1.08 bits per heavy atom. The summed E-state index contributed by atoms with van der Waals surface area (Å²) >= 11 is 0. The fraction of sp³-hybridized carbons (Fsp3) is 0.950. The second-order valence-electron chi connectivity index (χ2n) is 6.65. The zero-order valence-corrected chi connectivity index (χ0v) is 17.7. The van der Waals surface area contributed by atoms with Crippen LogP contribution in [-0.2, 0) is 14.3 Å². The minimum Gasteiger partial charge on any atom is -0.462 e. The molecule has 2 rings (SSSR count). The van der Waals surface area contributed by atoms with E-state index in [4.69, 9.17) is 9.47 Å². The Balaban J connectivity index is 0.00000134. The zero-order chi connectivity index (χ0) is 19.2. The van der Waals surface area contributed by atoms with Gasteiger partial charge >= 0.3 is 5.97 Å². The van der Waals surface area contributed by atoms with Gasteiger partial charge in [-0.2, -0.15) is 0 Å². The molecule has 0 aromatic carbocycles. The van der Waals surface area contributed by atoms with Crippen LogP contribution in [-0.4, -0.2) is 74.4 Å². The van der Waals surface area contributed by atoms with E-state index in [0.717, 1.165) is 52.0 Å². The number of ether oxygens (including phenoxy) is 2. The molecule has 25 heavy (non-hydrogen) atoms. The number of carbonyl (C=O) groups is 1. The average molecular weight is 359 g/mol. The normalized spacial score (nSPS) is 24.6. The van der Waals surface area contributed by atoms with E-state index in [2.05, 4.69) is 30.7 Å². The third-order valence-electron chi connectivity index (χ3n) is 4.55. The Bertz CT molecular complexity index is 329. The fourth-order valence-corrected chi connectivity index (χ4v) is 2.96. The average Bonchev–Trinajstić information content (AvgIpc) is 2.66. The number of hydrogen-bond acceptors (Lipinski definition) is 5. The van der Waals surface area contributed by atoms with Gasteiger partial charge in [0.2, 0.25) is 0 Å². The van der Waals surface area contributed by atoms with Gasteiger partial charge < -0.3 is 14.4 Å². The highest BCUT2D eigenvalue weighted by Gasteiger charge is 2.30. The lowest BCUT2D eigenvalue weighted by Crippen LogP contribution is -2.46. The Hall–Kier alpha value is -0.650. The van der Waals surface area contributed by atoms with Crippen molar-refractivity contribution in [3.8, 4) is 0 Å². The number of hydrogen-bond donors (Lipinski definition) is 0. The Morgan fingerprint density at radius 2 is 1.68 bits per heavy atom. The van der Waals surface area contributed by atoms with Gasteiger partial charge in [-0.15, -0.1) is 0 Å². The lowest BCUT2D eigenvalue weighted by Gasteiger charge is -2.33. The molecule has 0 amide bonds. The van der Waals surface area contributed by atoms with E-state index >= 15 is 0 Å². The monoisotopic (exact) mass is 358 g/mol. The number of likely N-dealkylation sites (N-methyl/N-ethyl adjacent to an activating group) is 1. The predicted octanol–water partition coefficient (Wildman–Crippen LogP) is 3.42. The van der Waals surface area contributed by atoms with E-state index in [9.17, 15) is 4.79 Å². The standard InChI is InChI=1S/C16H30N2O3.2C2H6/c1-13(2)14-5-4-6-15(21-14)16(19)20-12-11-18-9-7-17(3)8-10-18;2*1-2/h13-15H,4-12H2,1-3H3;2*1-2H3. The summed E-state index contributed by atoms with van der Waals surface area (Å²) in [5.74, 6) is 0.292. The van der Waals surface area contributed by atoms with Crippen molar-refractivity contribution >= 4 is 5.97 Å². The quantitative estimate of drug-likeness (QED) is 0.705. The maximum Gasteiger partial charge on any atom is 0.335 e. The number of esters is 1. The van der Waals surface area contributed by atoms with Crippen molar-refractivity contribution in [2.24, 2.45) is 5.92 Å². The summed E-state index contributed by atoms with van der Waals surface area (Å²) in [6.45, 7) is 17.9. The lowest BCUT2D eigenvalue weighted by molar-refractivity contribution is -0.168. The van der Waals surface area contributed by atoms with Crippen LogP contribution in [0.1, 0.15) is 60.8 Å². The van der Waals surface area contributed by atoms with Gasteiger partial charge in [0.25, 0.3) is 0 Å². The van der Waals surface area contributed by atoms with Gasteiger partial charge in [0.1, 0.15) is 6.61 Å². The molecule has 2 atom stereocenters. The van der Waals surface area contributed by atoms with Crippen molar-refractivity contribution in [2.75, 3.05) is 46.4 Å². The molecular weight excluding hydrogens is 316 g/mol. The summed E-state index contributed by atoms with van der Waals surface area (Å²) in [4.78, 5) is 16.8. The molecule has 150 valence electrons. The first-order valence-electron chi connectivity index (χ1n) is 10.3. The molecule has 0 aromatic heterocycles. The largest absolute Gasteiger partial charge is 0.462 e. The maximum atomic E-state index is 12.1. The highest BCUT2D eigenvalue weighted by molar-refractivity contribution is 5.74. The molecule has 0 aliphatic carbocycles. The fourth-order valence-electron chi connectivity index (χ4n) is 2.96. The van der Waals surface area contributed by atoms with Crippen LogP contribution in [0.5, 0.6) is 0 Å². The Kier molecular flexibility index (Phi) is 14.1. The van der Waals surface area contributed by atoms with Crippen LogP contribution in [0.25, 0.3) is 0 Å². The first-order chi connectivity index (χ1) is 12.1. The first kappa shape index (κ1) is 24.4. The van der Waals surface area contributed by atoms with Crippen LogP contribution < -0.4 is 0 Å².